The van der Waals surface area contributed by atoms with Gasteiger partial charge in [0, 0.05) is 31.2 Å². The molecule has 0 saturated heterocycles. The summed E-state index contributed by atoms with van der Waals surface area (Å²) >= 11 is 0. The second-order valence-electron chi connectivity index (χ2n) is 6.36. The molecule has 0 spiro atoms. The van der Waals surface area contributed by atoms with Crippen LogP contribution in [0.3, 0.4) is 0 Å². The molecule has 118 valence electrons. The van der Waals surface area contributed by atoms with Crippen molar-refractivity contribution < 1.29 is 4.79 Å². The molecule has 0 aliphatic heterocycles. The minimum absolute atomic E-state index is 0.119. The predicted octanol–water partition coefficient (Wildman–Crippen LogP) is 3.39. The van der Waals surface area contributed by atoms with E-state index in [9.17, 15) is 4.79 Å². The molecule has 0 unspecified atom stereocenters. The van der Waals surface area contributed by atoms with Crippen LogP contribution in [0.1, 0.15) is 32.8 Å². The maximum Gasteiger partial charge on any atom is 0.319 e. The molecular weight excluding hydrogens is 276 g/mol. The van der Waals surface area contributed by atoms with Crippen LogP contribution < -0.4 is 10.6 Å². The summed E-state index contributed by atoms with van der Waals surface area (Å²) in [6, 6.07) is 7.80. The highest BCUT2D eigenvalue weighted by molar-refractivity contribution is 5.89. The molecule has 2 aromatic rings. The molecule has 22 heavy (non-hydrogen) atoms. The molecule has 2 amide bonds. The van der Waals surface area contributed by atoms with Crippen LogP contribution in [0.4, 0.5) is 10.5 Å². The summed E-state index contributed by atoms with van der Waals surface area (Å²) in [5.41, 5.74) is 2.17. The van der Waals surface area contributed by atoms with E-state index in [2.05, 4.69) is 48.5 Å². The highest BCUT2D eigenvalue weighted by Gasteiger charge is 2.13. The Morgan fingerprint density at radius 2 is 1.95 bits per heavy atom. The van der Waals surface area contributed by atoms with E-state index in [1.807, 2.05) is 22.9 Å². The minimum Gasteiger partial charge on any atom is -0.338 e. The summed E-state index contributed by atoms with van der Waals surface area (Å²) in [7, 11) is 0. The molecule has 0 fully saturated rings. The topological polar surface area (TPSA) is 59.0 Å². The van der Waals surface area contributed by atoms with Gasteiger partial charge in [0.15, 0.2) is 0 Å². The fraction of sp³-hybridized carbons (Fsp3) is 0.412. The van der Waals surface area contributed by atoms with Crippen LogP contribution in [0.5, 0.6) is 0 Å². The Kier molecular flexibility index (Phi) is 5.20. The zero-order valence-electron chi connectivity index (χ0n) is 13.5. The van der Waals surface area contributed by atoms with Crippen LogP contribution in [0.15, 0.2) is 43.0 Å². The van der Waals surface area contributed by atoms with Crippen molar-refractivity contribution in [3.8, 4) is 0 Å². The monoisotopic (exact) mass is 300 g/mol. The zero-order chi connectivity index (χ0) is 16.0. The van der Waals surface area contributed by atoms with Crippen molar-refractivity contribution >= 4 is 11.7 Å². The van der Waals surface area contributed by atoms with Gasteiger partial charge in [-0.2, -0.15) is 0 Å². The average molecular weight is 300 g/mol. The van der Waals surface area contributed by atoms with Crippen LogP contribution in [0.25, 0.3) is 0 Å². The van der Waals surface area contributed by atoms with Gasteiger partial charge in [0.2, 0.25) is 0 Å². The molecule has 0 aliphatic carbocycles. The van der Waals surface area contributed by atoms with Gasteiger partial charge in [-0.3, -0.25) is 0 Å². The Morgan fingerprint density at radius 1 is 1.23 bits per heavy atom. The van der Waals surface area contributed by atoms with E-state index in [1.165, 1.54) is 5.56 Å². The normalized spacial score (nSPS) is 11.2. The molecule has 1 aromatic carbocycles. The molecule has 5 heteroatoms. The standard InChI is InChI=1S/C17H24N4O/c1-17(2,3)14-5-7-15(8-6-14)20-16(22)19-9-4-11-21-12-10-18-13-21/h5-8,10,12-13H,4,9,11H2,1-3H3,(H2,19,20,22). The minimum atomic E-state index is -0.172. The first-order valence-corrected chi connectivity index (χ1v) is 7.56. The molecule has 0 saturated carbocycles. The van der Waals surface area contributed by atoms with Crippen molar-refractivity contribution in [3.05, 3.63) is 48.5 Å². The number of nitrogens with one attached hydrogen (secondary N) is 2. The van der Waals surface area contributed by atoms with E-state index >= 15 is 0 Å². The van der Waals surface area contributed by atoms with Crippen molar-refractivity contribution in [2.24, 2.45) is 0 Å². The summed E-state index contributed by atoms with van der Waals surface area (Å²) in [6.45, 7) is 7.98. The lowest BCUT2D eigenvalue weighted by atomic mass is 9.87. The first kappa shape index (κ1) is 16.1. The maximum atomic E-state index is 11.8. The van der Waals surface area contributed by atoms with Gasteiger partial charge in [-0.15, -0.1) is 0 Å². The van der Waals surface area contributed by atoms with E-state index in [0.29, 0.717) is 6.54 Å². The van der Waals surface area contributed by atoms with Crippen LogP contribution >= 0.6 is 0 Å². The molecule has 0 atom stereocenters. The Balaban J connectivity index is 1.72. The molecular formula is C17H24N4O. The number of imidazole rings is 1. The number of nitrogens with zero attached hydrogens (tertiary/aromatic N) is 2. The number of urea groups is 1. The van der Waals surface area contributed by atoms with E-state index in [4.69, 9.17) is 0 Å². The molecule has 1 aromatic heterocycles. The summed E-state index contributed by atoms with van der Waals surface area (Å²) < 4.78 is 1.99. The van der Waals surface area contributed by atoms with Crippen LogP contribution in [-0.2, 0) is 12.0 Å². The van der Waals surface area contributed by atoms with Gasteiger partial charge >= 0.3 is 6.03 Å². The number of amides is 2. The third-order valence-electron chi connectivity index (χ3n) is 3.45. The number of anilines is 1. The summed E-state index contributed by atoms with van der Waals surface area (Å²) in [4.78, 5) is 15.8. The van der Waals surface area contributed by atoms with Gasteiger partial charge in [0.25, 0.3) is 0 Å². The second kappa shape index (κ2) is 7.11. The number of aryl methyl sites for hydroxylation is 1. The van der Waals surface area contributed by atoms with Crippen LogP contribution in [0.2, 0.25) is 0 Å². The lowest BCUT2D eigenvalue weighted by molar-refractivity contribution is 0.252. The van der Waals surface area contributed by atoms with Gasteiger partial charge in [-0.05, 0) is 29.5 Å². The van der Waals surface area contributed by atoms with Crippen molar-refractivity contribution in [2.45, 2.75) is 39.2 Å². The van der Waals surface area contributed by atoms with E-state index in [0.717, 1.165) is 18.7 Å². The lowest BCUT2D eigenvalue weighted by Gasteiger charge is -2.19. The highest BCUT2D eigenvalue weighted by Crippen LogP contribution is 2.23. The molecule has 2 N–H and O–H groups in total. The van der Waals surface area contributed by atoms with E-state index in [1.54, 1.807) is 12.5 Å². The van der Waals surface area contributed by atoms with Crippen molar-refractivity contribution in [3.63, 3.8) is 0 Å². The van der Waals surface area contributed by atoms with Crippen molar-refractivity contribution in [1.82, 2.24) is 14.9 Å². The Morgan fingerprint density at radius 3 is 2.55 bits per heavy atom. The van der Waals surface area contributed by atoms with Gasteiger partial charge in [-0.25, -0.2) is 9.78 Å². The largest absolute Gasteiger partial charge is 0.338 e. The molecule has 0 bridgehead atoms. The summed E-state index contributed by atoms with van der Waals surface area (Å²) in [6.07, 6.45) is 6.31. The van der Waals surface area contributed by atoms with Gasteiger partial charge in [0.1, 0.15) is 0 Å². The Hall–Kier alpha value is -2.30. The number of rotatable bonds is 5. The SMILES string of the molecule is CC(C)(C)c1ccc(NC(=O)NCCCn2ccnc2)cc1. The summed E-state index contributed by atoms with van der Waals surface area (Å²) in [5, 5.41) is 5.70. The van der Waals surface area contributed by atoms with Crippen LogP contribution in [0, 0.1) is 0 Å². The van der Waals surface area contributed by atoms with E-state index in [-0.39, 0.29) is 11.4 Å². The van der Waals surface area contributed by atoms with Crippen molar-refractivity contribution in [1.29, 1.82) is 0 Å². The molecule has 0 radical (unpaired) electrons. The molecule has 5 nitrogen and oxygen atoms in total. The lowest BCUT2D eigenvalue weighted by Crippen LogP contribution is -2.30. The number of carbonyl (C=O) groups is 1. The fourth-order valence-electron chi connectivity index (χ4n) is 2.11. The first-order valence-electron chi connectivity index (χ1n) is 7.56. The summed E-state index contributed by atoms with van der Waals surface area (Å²) in [5.74, 6) is 0. The first-order chi connectivity index (χ1) is 10.4. The number of aromatic nitrogens is 2. The molecule has 0 aliphatic rings. The Bertz CT molecular complexity index is 582. The van der Waals surface area contributed by atoms with Crippen LogP contribution in [-0.4, -0.2) is 22.1 Å². The van der Waals surface area contributed by atoms with E-state index < -0.39 is 0 Å². The predicted molar refractivity (Wildman–Crippen MR) is 89.0 cm³/mol. The van der Waals surface area contributed by atoms with Gasteiger partial charge in [0.05, 0.1) is 6.33 Å². The van der Waals surface area contributed by atoms with Gasteiger partial charge < -0.3 is 15.2 Å². The molecule has 1 heterocycles. The quantitative estimate of drug-likeness (QED) is 0.832. The Labute approximate surface area is 131 Å². The fourth-order valence-corrected chi connectivity index (χ4v) is 2.11. The average Bonchev–Trinajstić information content (AvgIpc) is 2.96. The second-order valence-corrected chi connectivity index (χ2v) is 6.36. The number of hydrogen-bond acceptors (Lipinski definition) is 2. The highest BCUT2D eigenvalue weighted by atomic mass is 16.2. The zero-order valence-corrected chi connectivity index (χ0v) is 13.5. The third kappa shape index (κ3) is 4.91. The third-order valence-corrected chi connectivity index (χ3v) is 3.45. The van der Waals surface area contributed by atoms with Crippen molar-refractivity contribution in [2.75, 3.05) is 11.9 Å². The van der Waals surface area contributed by atoms with Gasteiger partial charge in [-0.1, -0.05) is 32.9 Å². The smallest absolute Gasteiger partial charge is 0.319 e. The number of benzene rings is 1. The number of hydrogen-bond donors (Lipinski definition) is 2. The number of carbonyl (C=O) groups excluding carboxylic acids is 1. The molecule has 2 rings (SSSR count). The maximum absolute atomic E-state index is 11.8.